The molecule has 2 rings (SSSR count). The molecule has 0 aromatic carbocycles. The van der Waals surface area contributed by atoms with Crippen molar-refractivity contribution in [3.8, 4) is 0 Å². The topological polar surface area (TPSA) is 66.5 Å². The van der Waals surface area contributed by atoms with Crippen LogP contribution in [0.3, 0.4) is 0 Å². The molecule has 2 fully saturated rings. The minimum Gasteiger partial charge on any atom is -0.339 e. The molecule has 0 radical (unpaired) electrons. The maximum atomic E-state index is 12.7. The van der Waals surface area contributed by atoms with Gasteiger partial charge in [-0.1, -0.05) is 13.8 Å². The van der Waals surface area contributed by atoms with Crippen molar-refractivity contribution in [1.82, 2.24) is 10.2 Å². The third-order valence-electron chi connectivity index (χ3n) is 5.12. The lowest BCUT2D eigenvalue weighted by molar-refractivity contribution is -0.134. The van der Waals surface area contributed by atoms with E-state index in [2.05, 4.69) is 12.2 Å². The highest BCUT2D eigenvalue weighted by molar-refractivity contribution is 7.91. The Bertz CT molecular complexity index is 478. The summed E-state index contributed by atoms with van der Waals surface area (Å²) >= 11 is 0. The smallest absolute Gasteiger partial charge is 0.223 e. The van der Waals surface area contributed by atoms with Crippen molar-refractivity contribution in [3.63, 3.8) is 0 Å². The minimum absolute atomic E-state index is 0. The summed E-state index contributed by atoms with van der Waals surface area (Å²) in [6, 6.07) is -0.0994. The fourth-order valence-corrected chi connectivity index (χ4v) is 5.48. The van der Waals surface area contributed by atoms with Gasteiger partial charge in [0.2, 0.25) is 5.91 Å². The number of nitrogens with one attached hydrogen (secondary N) is 1. The second kappa shape index (κ2) is 9.23. The average molecular weight is 367 g/mol. The first kappa shape index (κ1) is 20.7. The normalized spacial score (nSPS) is 25.6. The van der Waals surface area contributed by atoms with E-state index < -0.39 is 9.84 Å². The summed E-state index contributed by atoms with van der Waals surface area (Å²) in [4.78, 5) is 14.5. The lowest BCUT2D eigenvalue weighted by atomic mass is 9.84. The maximum Gasteiger partial charge on any atom is 0.223 e. The molecule has 23 heavy (non-hydrogen) atoms. The molecule has 1 amide bonds. The molecule has 2 aliphatic heterocycles. The van der Waals surface area contributed by atoms with E-state index in [-0.39, 0.29) is 35.9 Å². The Morgan fingerprint density at radius 1 is 1.26 bits per heavy atom. The van der Waals surface area contributed by atoms with Crippen molar-refractivity contribution in [1.29, 1.82) is 0 Å². The van der Waals surface area contributed by atoms with Crippen molar-refractivity contribution in [2.75, 3.05) is 31.1 Å². The van der Waals surface area contributed by atoms with Gasteiger partial charge in [0.05, 0.1) is 11.5 Å². The molecule has 2 aliphatic rings. The Morgan fingerprint density at radius 2 is 1.91 bits per heavy atom. The fourth-order valence-electron chi connectivity index (χ4n) is 3.75. The van der Waals surface area contributed by atoms with Gasteiger partial charge in [-0.15, -0.1) is 12.4 Å². The molecule has 2 unspecified atom stereocenters. The third-order valence-corrected chi connectivity index (χ3v) is 6.87. The number of halogens is 1. The first-order chi connectivity index (χ1) is 10.4. The van der Waals surface area contributed by atoms with Gasteiger partial charge in [-0.2, -0.15) is 0 Å². The van der Waals surface area contributed by atoms with Crippen LogP contribution in [0.25, 0.3) is 0 Å². The lowest BCUT2D eigenvalue weighted by Gasteiger charge is -2.32. The van der Waals surface area contributed by atoms with Gasteiger partial charge < -0.3 is 10.2 Å². The van der Waals surface area contributed by atoms with Gasteiger partial charge in [-0.05, 0) is 50.6 Å². The van der Waals surface area contributed by atoms with Crippen LogP contribution in [0.1, 0.15) is 46.0 Å². The molecular formula is C16H31ClN2O3S. The SMILES string of the molecule is CCCN(C(=O)CC(C)C1CCNCC1)C1CCS(=O)(=O)C1.Cl. The van der Waals surface area contributed by atoms with Gasteiger partial charge in [-0.3, -0.25) is 4.79 Å². The second-order valence-corrected chi connectivity index (χ2v) is 9.14. The van der Waals surface area contributed by atoms with Gasteiger partial charge in [0.1, 0.15) is 0 Å². The molecular weight excluding hydrogens is 336 g/mol. The summed E-state index contributed by atoms with van der Waals surface area (Å²) < 4.78 is 23.4. The third kappa shape index (κ3) is 5.91. The number of carbonyl (C=O) groups is 1. The molecule has 0 spiro atoms. The molecule has 0 saturated carbocycles. The van der Waals surface area contributed by atoms with Crippen LogP contribution in [0.2, 0.25) is 0 Å². The van der Waals surface area contributed by atoms with Crippen LogP contribution in [0.15, 0.2) is 0 Å². The highest BCUT2D eigenvalue weighted by Gasteiger charge is 2.35. The highest BCUT2D eigenvalue weighted by Crippen LogP contribution is 2.26. The van der Waals surface area contributed by atoms with Crippen molar-refractivity contribution in [3.05, 3.63) is 0 Å². The van der Waals surface area contributed by atoms with Crippen molar-refractivity contribution < 1.29 is 13.2 Å². The Morgan fingerprint density at radius 3 is 2.43 bits per heavy atom. The standard InChI is InChI=1S/C16H30N2O3S.ClH/c1-3-9-18(15-6-10-22(20,21)12-15)16(19)11-13(2)14-4-7-17-8-5-14;/h13-15,17H,3-12H2,1-2H3;1H. The number of sulfone groups is 1. The van der Waals surface area contributed by atoms with Gasteiger partial charge in [0, 0.05) is 19.0 Å². The predicted octanol–water partition coefficient (Wildman–Crippen LogP) is 1.86. The molecule has 136 valence electrons. The predicted molar refractivity (Wildman–Crippen MR) is 95.7 cm³/mol. The van der Waals surface area contributed by atoms with Crippen molar-refractivity contribution in [2.45, 2.75) is 52.0 Å². The highest BCUT2D eigenvalue weighted by atomic mass is 35.5. The molecule has 0 bridgehead atoms. The van der Waals surface area contributed by atoms with E-state index in [1.54, 1.807) is 0 Å². The van der Waals surface area contributed by atoms with Crippen molar-refractivity contribution >= 4 is 28.2 Å². The van der Waals surface area contributed by atoms with Crippen LogP contribution in [-0.4, -0.2) is 56.4 Å². The number of amides is 1. The van der Waals surface area contributed by atoms with Crippen LogP contribution < -0.4 is 5.32 Å². The lowest BCUT2D eigenvalue weighted by Crippen LogP contribution is -2.43. The van der Waals surface area contributed by atoms with E-state index in [1.807, 2.05) is 11.8 Å². The zero-order chi connectivity index (χ0) is 16.2. The number of hydrogen-bond acceptors (Lipinski definition) is 4. The van der Waals surface area contributed by atoms with Crippen LogP contribution in [0.5, 0.6) is 0 Å². The largest absolute Gasteiger partial charge is 0.339 e. The van der Waals surface area contributed by atoms with E-state index in [0.717, 1.165) is 32.4 Å². The molecule has 0 aromatic heterocycles. The number of rotatable bonds is 6. The van der Waals surface area contributed by atoms with E-state index in [1.165, 1.54) is 0 Å². The van der Waals surface area contributed by atoms with Gasteiger partial charge >= 0.3 is 0 Å². The van der Waals surface area contributed by atoms with Gasteiger partial charge in [0.15, 0.2) is 9.84 Å². The first-order valence-electron chi connectivity index (χ1n) is 8.63. The molecule has 0 aromatic rings. The Labute approximate surface area is 146 Å². The summed E-state index contributed by atoms with van der Waals surface area (Å²) in [5.41, 5.74) is 0. The average Bonchev–Trinajstić information content (AvgIpc) is 2.85. The van der Waals surface area contributed by atoms with Crippen LogP contribution >= 0.6 is 12.4 Å². The van der Waals surface area contributed by atoms with Crippen LogP contribution in [-0.2, 0) is 14.6 Å². The van der Waals surface area contributed by atoms with E-state index >= 15 is 0 Å². The molecule has 2 heterocycles. The minimum atomic E-state index is -2.94. The zero-order valence-electron chi connectivity index (χ0n) is 14.3. The number of nitrogens with zero attached hydrogens (tertiary/aromatic N) is 1. The monoisotopic (exact) mass is 366 g/mol. The second-order valence-electron chi connectivity index (χ2n) is 6.91. The molecule has 2 atom stereocenters. The number of hydrogen-bond donors (Lipinski definition) is 1. The number of carbonyl (C=O) groups excluding carboxylic acids is 1. The quantitative estimate of drug-likeness (QED) is 0.779. The first-order valence-corrected chi connectivity index (χ1v) is 10.5. The fraction of sp³-hybridized carbons (Fsp3) is 0.938. The Balaban J connectivity index is 0.00000264. The Hall–Kier alpha value is -0.330. The summed E-state index contributed by atoms with van der Waals surface area (Å²) in [5, 5.41) is 3.36. The summed E-state index contributed by atoms with van der Waals surface area (Å²) in [5.74, 6) is 1.53. The number of piperidine rings is 1. The molecule has 0 aliphatic carbocycles. The van der Waals surface area contributed by atoms with E-state index in [9.17, 15) is 13.2 Å². The maximum absolute atomic E-state index is 12.7. The molecule has 2 saturated heterocycles. The summed E-state index contributed by atoms with van der Waals surface area (Å²) in [6.45, 7) is 6.98. The van der Waals surface area contributed by atoms with Crippen molar-refractivity contribution in [2.24, 2.45) is 11.8 Å². The summed E-state index contributed by atoms with van der Waals surface area (Å²) in [7, 11) is -2.94. The van der Waals surface area contributed by atoms with E-state index in [4.69, 9.17) is 0 Å². The zero-order valence-corrected chi connectivity index (χ0v) is 15.9. The van der Waals surface area contributed by atoms with Gasteiger partial charge in [0.25, 0.3) is 0 Å². The van der Waals surface area contributed by atoms with Crippen LogP contribution in [0.4, 0.5) is 0 Å². The molecule has 7 heteroatoms. The van der Waals surface area contributed by atoms with Crippen LogP contribution in [0, 0.1) is 11.8 Å². The molecule has 1 N–H and O–H groups in total. The summed E-state index contributed by atoms with van der Waals surface area (Å²) in [6.07, 6.45) is 4.32. The molecule has 5 nitrogen and oxygen atoms in total. The van der Waals surface area contributed by atoms with E-state index in [0.29, 0.717) is 31.2 Å². The Kier molecular flexibility index (Phi) is 8.31. The van der Waals surface area contributed by atoms with Gasteiger partial charge in [-0.25, -0.2) is 8.42 Å².